The highest BCUT2D eigenvalue weighted by atomic mass is 16.5. The van der Waals surface area contributed by atoms with Gasteiger partial charge < -0.3 is 15.4 Å². The smallest absolute Gasteiger partial charge is 0.309 e. The van der Waals surface area contributed by atoms with Crippen LogP contribution in [0.15, 0.2) is 0 Å². The first-order chi connectivity index (χ1) is 8.38. The van der Waals surface area contributed by atoms with E-state index in [0.29, 0.717) is 25.6 Å². The Labute approximate surface area is 110 Å². The van der Waals surface area contributed by atoms with Crippen LogP contribution in [0.1, 0.15) is 34.6 Å². The highest BCUT2D eigenvalue weighted by Crippen LogP contribution is 1.98. The van der Waals surface area contributed by atoms with Gasteiger partial charge in [0.2, 0.25) is 5.91 Å². The molecule has 0 aromatic carbocycles. The highest BCUT2D eigenvalue weighted by Gasteiger charge is 2.17. The topological polar surface area (TPSA) is 67.4 Å². The minimum atomic E-state index is -0.305. The molecule has 0 fully saturated rings. The molecule has 5 heteroatoms. The Morgan fingerprint density at radius 3 is 2.22 bits per heavy atom. The largest absolute Gasteiger partial charge is 0.466 e. The molecule has 0 heterocycles. The number of amides is 1. The van der Waals surface area contributed by atoms with E-state index in [1.165, 1.54) is 0 Å². The van der Waals surface area contributed by atoms with E-state index in [-0.39, 0.29) is 23.8 Å². The van der Waals surface area contributed by atoms with Crippen LogP contribution >= 0.6 is 0 Å². The van der Waals surface area contributed by atoms with Gasteiger partial charge in [0, 0.05) is 13.1 Å². The van der Waals surface area contributed by atoms with Crippen molar-refractivity contribution >= 4 is 11.9 Å². The molecule has 0 aliphatic heterocycles. The Morgan fingerprint density at radius 1 is 1.11 bits per heavy atom. The van der Waals surface area contributed by atoms with Gasteiger partial charge in [0.1, 0.15) is 0 Å². The van der Waals surface area contributed by atoms with Crippen molar-refractivity contribution in [1.29, 1.82) is 0 Å². The van der Waals surface area contributed by atoms with Gasteiger partial charge in [-0.25, -0.2) is 0 Å². The molecule has 1 amide bonds. The quantitative estimate of drug-likeness (QED) is 0.636. The summed E-state index contributed by atoms with van der Waals surface area (Å²) in [6, 6.07) is -0.305. The number of carbonyl (C=O) groups excluding carboxylic acids is 2. The molecule has 0 aliphatic carbocycles. The van der Waals surface area contributed by atoms with E-state index in [2.05, 4.69) is 10.6 Å². The second kappa shape index (κ2) is 8.91. The maximum Gasteiger partial charge on any atom is 0.309 e. The third-order valence-corrected chi connectivity index (χ3v) is 2.50. The standard InChI is InChI=1S/C13H26N2O3/c1-6-18-13(17)10(4)8-14-11(5)12(16)15-7-9(2)3/h9-11,14H,6-8H2,1-5H3,(H,15,16). The summed E-state index contributed by atoms with van der Waals surface area (Å²) in [5.74, 6) is -0.0931. The number of esters is 1. The van der Waals surface area contributed by atoms with Crippen molar-refractivity contribution in [2.45, 2.75) is 40.7 Å². The minimum Gasteiger partial charge on any atom is -0.466 e. The molecule has 2 atom stereocenters. The van der Waals surface area contributed by atoms with Gasteiger partial charge >= 0.3 is 5.97 Å². The van der Waals surface area contributed by atoms with Crippen molar-refractivity contribution in [1.82, 2.24) is 10.6 Å². The van der Waals surface area contributed by atoms with Crippen LogP contribution in [0.2, 0.25) is 0 Å². The third kappa shape index (κ3) is 7.27. The normalized spacial score (nSPS) is 14.1. The summed E-state index contributed by atoms with van der Waals surface area (Å²) in [6.07, 6.45) is 0. The number of rotatable bonds is 8. The Hall–Kier alpha value is -1.10. The first kappa shape index (κ1) is 16.9. The maximum absolute atomic E-state index is 11.7. The summed E-state index contributed by atoms with van der Waals surface area (Å²) in [5.41, 5.74) is 0. The van der Waals surface area contributed by atoms with Gasteiger partial charge in [-0.05, 0) is 19.8 Å². The van der Waals surface area contributed by atoms with E-state index in [4.69, 9.17) is 4.74 Å². The zero-order chi connectivity index (χ0) is 14.1. The average molecular weight is 258 g/mol. The van der Waals surface area contributed by atoms with Gasteiger partial charge in [0.05, 0.1) is 18.6 Å². The van der Waals surface area contributed by atoms with E-state index >= 15 is 0 Å². The lowest BCUT2D eigenvalue weighted by Gasteiger charge is -2.17. The molecule has 18 heavy (non-hydrogen) atoms. The summed E-state index contributed by atoms with van der Waals surface area (Å²) in [5, 5.41) is 5.87. The van der Waals surface area contributed by atoms with Gasteiger partial charge in [-0.15, -0.1) is 0 Å². The van der Waals surface area contributed by atoms with Crippen molar-refractivity contribution in [3.05, 3.63) is 0 Å². The predicted molar refractivity (Wildman–Crippen MR) is 71.1 cm³/mol. The van der Waals surface area contributed by atoms with Crippen molar-refractivity contribution in [3.8, 4) is 0 Å². The van der Waals surface area contributed by atoms with E-state index in [1.54, 1.807) is 20.8 Å². The molecule has 0 rings (SSSR count). The molecule has 2 unspecified atom stereocenters. The van der Waals surface area contributed by atoms with Crippen molar-refractivity contribution in [2.24, 2.45) is 11.8 Å². The number of hydrogen-bond donors (Lipinski definition) is 2. The minimum absolute atomic E-state index is 0.0419. The van der Waals surface area contributed by atoms with E-state index in [1.807, 2.05) is 13.8 Å². The highest BCUT2D eigenvalue weighted by molar-refractivity contribution is 5.81. The zero-order valence-corrected chi connectivity index (χ0v) is 12.1. The van der Waals surface area contributed by atoms with E-state index in [9.17, 15) is 9.59 Å². The van der Waals surface area contributed by atoms with E-state index in [0.717, 1.165) is 0 Å². The second-order valence-corrected chi connectivity index (χ2v) is 4.92. The molecule has 0 bridgehead atoms. The maximum atomic E-state index is 11.7. The second-order valence-electron chi connectivity index (χ2n) is 4.92. The van der Waals surface area contributed by atoms with Gasteiger partial charge in [-0.2, -0.15) is 0 Å². The first-order valence-corrected chi connectivity index (χ1v) is 6.56. The predicted octanol–water partition coefficient (Wildman–Crippen LogP) is 0.936. The van der Waals surface area contributed by atoms with Crippen LogP contribution in [0.5, 0.6) is 0 Å². The number of hydrogen-bond acceptors (Lipinski definition) is 4. The molecule has 0 aliphatic rings. The molecular formula is C13H26N2O3. The fourth-order valence-corrected chi connectivity index (χ4v) is 1.27. The van der Waals surface area contributed by atoms with Crippen LogP contribution in [-0.2, 0) is 14.3 Å². The zero-order valence-electron chi connectivity index (χ0n) is 12.1. The Kier molecular flexibility index (Phi) is 8.37. The molecule has 0 saturated carbocycles. The summed E-state index contributed by atoms with van der Waals surface area (Å²) in [4.78, 5) is 23.0. The van der Waals surface area contributed by atoms with Gasteiger partial charge in [0.15, 0.2) is 0 Å². The lowest BCUT2D eigenvalue weighted by molar-refractivity contribution is -0.147. The van der Waals surface area contributed by atoms with Crippen molar-refractivity contribution in [2.75, 3.05) is 19.7 Å². The molecule has 106 valence electrons. The van der Waals surface area contributed by atoms with Crippen LogP contribution in [0.4, 0.5) is 0 Å². The molecule has 0 aromatic heterocycles. The van der Waals surface area contributed by atoms with Gasteiger partial charge in [-0.3, -0.25) is 9.59 Å². The third-order valence-electron chi connectivity index (χ3n) is 2.50. The molecule has 0 spiro atoms. The Bertz CT molecular complexity index is 267. The Morgan fingerprint density at radius 2 is 1.72 bits per heavy atom. The lowest BCUT2D eigenvalue weighted by Crippen LogP contribution is -2.45. The summed E-state index contributed by atoms with van der Waals surface area (Å²) >= 11 is 0. The number of carbonyl (C=O) groups is 2. The van der Waals surface area contributed by atoms with Crippen LogP contribution in [0.3, 0.4) is 0 Å². The van der Waals surface area contributed by atoms with Gasteiger partial charge in [-0.1, -0.05) is 20.8 Å². The summed E-state index contributed by atoms with van der Waals surface area (Å²) in [7, 11) is 0. The van der Waals surface area contributed by atoms with Crippen LogP contribution in [0, 0.1) is 11.8 Å². The van der Waals surface area contributed by atoms with Crippen LogP contribution in [-0.4, -0.2) is 37.6 Å². The average Bonchev–Trinajstić information content (AvgIpc) is 2.32. The lowest BCUT2D eigenvalue weighted by atomic mass is 10.1. The Balaban J connectivity index is 3.90. The monoisotopic (exact) mass is 258 g/mol. The molecule has 5 nitrogen and oxygen atoms in total. The molecule has 0 aromatic rings. The number of ether oxygens (including phenoxy) is 1. The van der Waals surface area contributed by atoms with Crippen molar-refractivity contribution in [3.63, 3.8) is 0 Å². The SMILES string of the molecule is CCOC(=O)C(C)CNC(C)C(=O)NCC(C)C. The molecule has 2 N–H and O–H groups in total. The first-order valence-electron chi connectivity index (χ1n) is 6.56. The number of nitrogens with one attached hydrogen (secondary N) is 2. The molecule has 0 radical (unpaired) electrons. The van der Waals surface area contributed by atoms with Gasteiger partial charge in [0.25, 0.3) is 0 Å². The fourth-order valence-electron chi connectivity index (χ4n) is 1.27. The van der Waals surface area contributed by atoms with Crippen LogP contribution < -0.4 is 10.6 Å². The van der Waals surface area contributed by atoms with Crippen molar-refractivity contribution < 1.29 is 14.3 Å². The molecule has 0 saturated heterocycles. The molecular weight excluding hydrogens is 232 g/mol. The fraction of sp³-hybridized carbons (Fsp3) is 0.846. The van der Waals surface area contributed by atoms with Crippen LogP contribution in [0.25, 0.3) is 0 Å². The summed E-state index contributed by atoms with van der Waals surface area (Å²) < 4.78 is 4.90. The van der Waals surface area contributed by atoms with E-state index < -0.39 is 0 Å². The summed E-state index contributed by atoms with van der Waals surface area (Å²) in [6.45, 7) is 10.9.